The number of hydrogen-bond donors (Lipinski definition) is 3. The molecule has 0 spiro atoms. The van der Waals surface area contributed by atoms with Gasteiger partial charge in [-0.1, -0.05) is 20.8 Å². The van der Waals surface area contributed by atoms with Crippen LogP contribution in [0, 0.1) is 5.41 Å². The molecule has 2 amide bonds. The summed E-state index contributed by atoms with van der Waals surface area (Å²) in [6, 6.07) is -1.42. The molecule has 0 aromatic carbocycles. The maximum Gasteiger partial charge on any atom is 0.326 e. The molecule has 6 heteroatoms. The molecular weight excluding hydrogens is 236 g/mol. The molecule has 0 radical (unpaired) electrons. The third kappa shape index (κ3) is 7.11. The van der Waals surface area contributed by atoms with Crippen LogP contribution in [0.3, 0.4) is 0 Å². The average Bonchev–Trinajstić information content (AvgIpc) is 2.18. The van der Waals surface area contributed by atoms with Crippen LogP contribution in [0.25, 0.3) is 0 Å². The fourth-order valence-corrected chi connectivity index (χ4v) is 1.29. The largest absolute Gasteiger partial charge is 0.480 e. The highest BCUT2D eigenvalue weighted by molar-refractivity contribution is 5.83. The lowest BCUT2D eigenvalue weighted by molar-refractivity contribution is -0.141. The summed E-state index contributed by atoms with van der Waals surface area (Å²) in [5.41, 5.74) is -0.544. The number of hydrogen-bond acceptors (Lipinski definition) is 3. The van der Waals surface area contributed by atoms with E-state index < -0.39 is 23.5 Å². The van der Waals surface area contributed by atoms with E-state index in [1.807, 2.05) is 13.8 Å². The molecule has 0 fully saturated rings. The topological polar surface area (TPSA) is 87.7 Å². The molecule has 0 aromatic rings. The zero-order valence-electron chi connectivity index (χ0n) is 11.7. The Balaban J connectivity index is 4.09. The van der Waals surface area contributed by atoms with Gasteiger partial charge >= 0.3 is 12.0 Å². The molecular formula is C12H24N2O4. The van der Waals surface area contributed by atoms with Crippen LogP contribution in [0.4, 0.5) is 4.79 Å². The normalized spacial score (nSPS) is 13.2. The SMILES string of the molecule is CC(C)OCCNC(=O)N[C@@H](C(=O)O)C(C)(C)C. The van der Waals surface area contributed by atoms with E-state index in [9.17, 15) is 9.59 Å². The van der Waals surface area contributed by atoms with E-state index in [-0.39, 0.29) is 6.10 Å². The van der Waals surface area contributed by atoms with Crippen molar-refractivity contribution in [1.82, 2.24) is 10.6 Å². The van der Waals surface area contributed by atoms with E-state index >= 15 is 0 Å². The summed E-state index contributed by atoms with van der Waals surface area (Å²) in [5.74, 6) is -1.05. The number of carbonyl (C=O) groups excluding carboxylic acids is 1. The second-order valence-corrected chi connectivity index (χ2v) is 5.46. The van der Waals surface area contributed by atoms with Crippen LogP contribution in [-0.2, 0) is 9.53 Å². The molecule has 0 aliphatic carbocycles. The standard InChI is InChI=1S/C12H24N2O4/c1-8(2)18-7-6-13-11(17)14-9(10(15)16)12(3,4)5/h8-9H,6-7H2,1-5H3,(H,15,16)(H2,13,14,17)/t9-/m0/s1. The minimum absolute atomic E-state index is 0.108. The summed E-state index contributed by atoms with van der Waals surface area (Å²) in [6.07, 6.45) is 0.108. The second kappa shape index (κ2) is 7.20. The number of carboxylic acid groups (broad SMARTS) is 1. The van der Waals surface area contributed by atoms with Crippen LogP contribution in [0.15, 0.2) is 0 Å². The zero-order chi connectivity index (χ0) is 14.3. The summed E-state index contributed by atoms with van der Waals surface area (Å²) in [4.78, 5) is 22.5. The lowest BCUT2D eigenvalue weighted by atomic mass is 9.87. The van der Waals surface area contributed by atoms with Crippen LogP contribution in [-0.4, -0.2) is 42.4 Å². The van der Waals surface area contributed by atoms with Crippen LogP contribution in [0.5, 0.6) is 0 Å². The Labute approximate surface area is 108 Å². The molecule has 0 unspecified atom stereocenters. The van der Waals surface area contributed by atoms with E-state index in [4.69, 9.17) is 9.84 Å². The number of nitrogens with one attached hydrogen (secondary N) is 2. The fraction of sp³-hybridized carbons (Fsp3) is 0.833. The van der Waals surface area contributed by atoms with Gasteiger partial charge in [0.25, 0.3) is 0 Å². The predicted octanol–water partition coefficient (Wildman–Crippen LogP) is 1.21. The minimum Gasteiger partial charge on any atom is -0.480 e. The first-order valence-electron chi connectivity index (χ1n) is 6.03. The van der Waals surface area contributed by atoms with Gasteiger partial charge in [0.05, 0.1) is 12.7 Å². The molecule has 0 aliphatic heterocycles. The first kappa shape index (κ1) is 16.7. The molecule has 0 rings (SSSR count). The van der Waals surface area contributed by atoms with Crippen molar-refractivity contribution in [3.05, 3.63) is 0 Å². The number of aliphatic carboxylic acids is 1. The van der Waals surface area contributed by atoms with Crippen molar-refractivity contribution in [2.45, 2.75) is 46.8 Å². The highest BCUT2D eigenvalue weighted by atomic mass is 16.5. The number of rotatable bonds is 6. The molecule has 3 N–H and O–H groups in total. The molecule has 6 nitrogen and oxygen atoms in total. The van der Waals surface area contributed by atoms with Gasteiger partial charge < -0.3 is 20.5 Å². The highest BCUT2D eigenvalue weighted by Gasteiger charge is 2.32. The van der Waals surface area contributed by atoms with Crippen molar-refractivity contribution in [2.24, 2.45) is 5.41 Å². The summed E-state index contributed by atoms with van der Waals surface area (Å²) in [6.45, 7) is 9.83. The van der Waals surface area contributed by atoms with E-state index in [0.717, 1.165) is 0 Å². The fourth-order valence-electron chi connectivity index (χ4n) is 1.29. The van der Waals surface area contributed by atoms with Crippen LogP contribution >= 0.6 is 0 Å². The summed E-state index contributed by atoms with van der Waals surface area (Å²) >= 11 is 0. The molecule has 106 valence electrons. The molecule has 0 aromatic heterocycles. The summed E-state index contributed by atoms with van der Waals surface area (Å²) < 4.78 is 5.25. The quantitative estimate of drug-likeness (QED) is 0.626. The van der Waals surface area contributed by atoms with Gasteiger partial charge in [-0.3, -0.25) is 0 Å². The van der Waals surface area contributed by atoms with Crippen molar-refractivity contribution < 1.29 is 19.4 Å². The molecule has 1 atom stereocenters. The minimum atomic E-state index is -1.05. The number of urea groups is 1. The second-order valence-electron chi connectivity index (χ2n) is 5.46. The smallest absolute Gasteiger partial charge is 0.326 e. The Kier molecular flexibility index (Phi) is 6.68. The molecule has 0 aliphatic rings. The Hall–Kier alpha value is -1.30. The number of amides is 2. The van der Waals surface area contributed by atoms with E-state index in [2.05, 4.69) is 10.6 Å². The molecule has 0 heterocycles. The Morgan fingerprint density at radius 1 is 1.28 bits per heavy atom. The van der Waals surface area contributed by atoms with Crippen molar-refractivity contribution in [1.29, 1.82) is 0 Å². The van der Waals surface area contributed by atoms with Gasteiger partial charge in [-0.15, -0.1) is 0 Å². The van der Waals surface area contributed by atoms with Crippen LogP contribution in [0.1, 0.15) is 34.6 Å². The molecule has 0 bridgehead atoms. The van der Waals surface area contributed by atoms with Gasteiger partial charge in [-0.25, -0.2) is 9.59 Å². The molecule has 0 saturated carbocycles. The van der Waals surface area contributed by atoms with Gasteiger partial charge in [0.2, 0.25) is 0 Å². The number of carboxylic acids is 1. The predicted molar refractivity (Wildman–Crippen MR) is 68.5 cm³/mol. The maximum atomic E-state index is 11.5. The average molecular weight is 260 g/mol. The zero-order valence-corrected chi connectivity index (χ0v) is 11.7. The van der Waals surface area contributed by atoms with Gasteiger partial charge in [0.15, 0.2) is 0 Å². The van der Waals surface area contributed by atoms with Crippen molar-refractivity contribution in [3.63, 3.8) is 0 Å². The number of ether oxygens (including phenoxy) is 1. The van der Waals surface area contributed by atoms with E-state index in [0.29, 0.717) is 13.2 Å². The van der Waals surface area contributed by atoms with E-state index in [1.54, 1.807) is 20.8 Å². The van der Waals surface area contributed by atoms with Crippen molar-refractivity contribution in [2.75, 3.05) is 13.2 Å². The van der Waals surface area contributed by atoms with Crippen molar-refractivity contribution in [3.8, 4) is 0 Å². The third-order valence-corrected chi connectivity index (χ3v) is 2.23. The first-order valence-corrected chi connectivity index (χ1v) is 6.03. The lowest BCUT2D eigenvalue weighted by Gasteiger charge is -2.27. The Morgan fingerprint density at radius 2 is 1.83 bits per heavy atom. The monoisotopic (exact) mass is 260 g/mol. The Morgan fingerprint density at radius 3 is 2.22 bits per heavy atom. The van der Waals surface area contributed by atoms with Gasteiger partial charge in [-0.05, 0) is 19.3 Å². The molecule has 0 saturated heterocycles. The van der Waals surface area contributed by atoms with Crippen LogP contribution < -0.4 is 10.6 Å². The highest BCUT2D eigenvalue weighted by Crippen LogP contribution is 2.19. The van der Waals surface area contributed by atoms with Gasteiger partial charge in [0, 0.05) is 6.54 Å². The van der Waals surface area contributed by atoms with Crippen LogP contribution in [0.2, 0.25) is 0 Å². The summed E-state index contributed by atoms with van der Waals surface area (Å²) in [5, 5.41) is 14.0. The maximum absolute atomic E-state index is 11.5. The van der Waals surface area contributed by atoms with Gasteiger partial charge in [0.1, 0.15) is 6.04 Å². The van der Waals surface area contributed by atoms with Crippen molar-refractivity contribution >= 4 is 12.0 Å². The Bertz CT molecular complexity index is 284. The van der Waals surface area contributed by atoms with E-state index in [1.165, 1.54) is 0 Å². The lowest BCUT2D eigenvalue weighted by Crippen LogP contribution is -2.52. The summed E-state index contributed by atoms with van der Waals surface area (Å²) in [7, 11) is 0. The van der Waals surface area contributed by atoms with Gasteiger partial charge in [-0.2, -0.15) is 0 Å². The first-order chi connectivity index (χ1) is 8.14. The molecule has 18 heavy (non-hydrogen) atoms. The number of carbonyl (C=O) groups is 2. The third-order valence-electron chi connectivity index (χ3n) is 2.23.